The zero-order valence-electron chi connectivity index (χ0n) is 17.6. The van der Waals surface area contributed by atoms with Crippen LogP contribution in [0.25, 0.3) is 11.0 Å². The number of hydrogen-bond acceptors (Lipinski definition) is 7. The van der Waals surface area contributed by atoms with E-state index in [4.69, 9.17) is 4.74 Å². The number of aromatic nitrogens is 3. The molecule has 3 aromatic rings. The third kappa shape index (κ3) is 3.89. The second-order valence-electron chi connectivity index (χ2n) is 7.49. The maximum atomic E-state index is 12.9. The molecular formula is C20H21N5O6S. The van der Waals surface area contributed by atoms with Crippen LogP contribution in [0.4, 0.5) is 5.69 Å². The number of anilines is 1. The topological polar surface area (TPSA) is 141 Å². The summed E-state index contributed by atoms with van der Waals surface area (Å²) in [5.41, 5.74) is -0.966. The average Bonchev–Trinajstić information content (AvgIpc) is 3.59. The van der Waals surface area contributed by atoms with Gasteiger partial charge in [0.25, 0.3) is 11.5 Å². The number of aryl methyl sites for hydroxylation is 1. The number of sulfonamides is 1. The summed E-state index contributed by atoms with van der Waals surface area (Å²) in [5, 5.41) is 2.78. The highest BCUT2D eigenvalue weighted by atomic mass is 32.2. The number of benzene rings is 1. The Labute approximate surface area is 182 Å². The van der Waals surface area contributed by atoms with Crippen molar-refractivity contribution in [2.24, 2.45) is 14.1 Å². The largest absolute Gasteiger partial charge is 0.495 e. The SMILES string of the molecule is COc1ccc(S(=O)(=O)NC2CC2)cc1NC(=O)c1ccc2c(=O)n(C)c(=O)n(C)c2n1. The van der Waals surface area contributed by atoms with Crippen LogP contribution in [-0.2, 0) is 24.1 Å². The molecule has 12 heteroatoms. The van der Waals surface area contributed by atoms with Crippen molar-refractivity contribution in [1.82, 2.24) is 18.8 Å². The Morgan fingerprint density at radius 3 is 2.50 bits per heavy atom. The number of nitrogens with one attached hydrogen (secondary N) is 2. The van der Waals surface area contributed by atoms with Crippen LogP contribution in [0.1, 0.15) is 23.3 Å². The van der Waals surface area contributed by atoms with Crippen molar-refractivity contribution in [3.8, 4) is 5.75 Å². The summed E-state index contributed by atoms with van der Waals surface area (Å²) >= 11 is 0. The summed E-state index contributed by atoms with van der Waals surface area (Å²) < 4.78 is 35.0. The zero-order chi connectivity index (χ0) is 23.2. The Hall–Kier alpha value is -3.51. The first-order valence-electron chi connectivity index (χ1n) is 9.71. The van der Waals surface area contributed by atoms with Crippen LogP contribution in [-0.4, -0.2) is 41.6 Å². The Kier molecular flexibility index (Phi) is 5.34. The lowest BCUT2D eigenvalue weighted by atomic mass is 10.2. The van der Waals surface area contributed by atoms with Gasteiger partial charge in [-0.25, -0.2) is 22.9 Å². The van der Waals surface area contributed by atoms with Gasteiger partial charge in [0, 0.05) is 20.1 Å². The molecule has 2 N–H and O–H groups in total. The van der Waals surface area contributed by atoms with Gasteiger partial charge in [-0.15, -0.1) is 0 Å². The van der Waals surface area contributed by atoms with E-state index in [-0.39, 0.29) is 39.1 Å². The number of carbonyl (C=O) groups is 1. The van der Waals surface area contributed by atoms with E-state index in [9.17, 15) is 22.8 Å². The summed E-state index contributed by atoms with van der Waals surface area (Å²) in [5.74, 6) is -0.409. The molecule has 0 radical (unpaired) electrons. The van der Waals surface area contributed by atoms with Crippen LogP contribution >= 0.6 is 0 Å². The Morgan fingerprint density at radius 1 is 1.12 bits per heavy atom. The minimum Gasteiger partial charge on any atom is -0.495 e. The molecule has 168 valence electrons. The molecule has 1 aliphatic rings. The Balaban J connectivity index is 1.70. The van der Waals surface area contributed by atoms with Gasteiger partial charge in [-0.05, 0) is 43.2 Å². The number of carbonyl (C=O) groups excluding carboxylic acids is 1. The number of rotatable bonds is 6. The second-order valence-corrected chi connectivity index (χ2v) is 9.20. The van der Waals surface area contributed by atoms with E-state index >= 15 is 0 Å². The van der Waals surface area contributed by atoms with Crippen LogP contribution < -0.4 is 26.0 Å². The highest BCUT2D eigenvalue weighted by Gasteiger charge is 2.28. The number of nitrogens with zero attached hydrogens (tertiary/aromatic N) is 3. The molecular weight excluding hydrogens is 438 g/mol. The third-order valence-electron chi connectivity index (χ3n) is 5.16. The molecule has 1 saturated carbocycles. The van der Waals surface area contributed by atoms with Crippen molar-refractivity contribution in [3.05, 3.63) is 56.9 Å². The number of hydrogen-bond donors (Lipinski definition) is 2. The molecule has 0 atom stereocenters. The van der Waals surface area contributed by atoms with E-state index in [2.05, 4.69) is 15.0 Å². The lowest BCUT2D eigenvalue weighted by molar-refractivity contribution is 0.102. The predicted molar refractivity (Wildman–Crippen MR) is 117 cm³/mol. The lowest BCUT2D eigenvalue weighted by Gasteiger charge is -2.13. The number of methoxy groups -OCH3 is 1. The Morgan fingerprint density at radius 2 is 1.84 bits per heavy atom. The fraction of sp³-hybridized carbons (Fsp3) is 0.300. The molecule has 2 aromatic heterocycles. The molecule has 0 aliphatic heterocycles. The molecule has 1 fully saturated rings. The van der Waals surface area contributed by atoms with Crippen molar-refractivity contribution in [1.29, 1.82) is 0 Å². The highest BCUT2D eigenvalue weighted by Crippen LogP contribution is 2.29. The molecule has 1 aromatic carbocycles. The van der Waals surface area contributed by atoms with Crippen LogP contribution in [0, 0.1) is 0 Å². The molecule has 32 heavy (non-hydrogen) atoms. The van der Waals surface area contributed by atoms with Gasteiger partial charge in [-0.2, -0.15) is 0 Å². The summed E-state index contributed by atoms with van der Waals surface area (Å²) in [7, 11) is 0.454. The van der Waals surface area contributed by atoms with E-state index in [1.165, 1.54) is 56.1 Å². The normalized spacial score (nSPS) is 13.8. The number of amides is 1. The van der Waals surface area contributed by atoms with Crippen LogP contribution in [0.5, 0.6) is 5.75 Å². The summed E-state index contributed by atoms with van der Waals surface area (Å²) in [6.45, 7) is 0. The molecule has 0 saturated heterocycles. The summed E-state index contributed by atoms with van der Waals surface area (Å²) in [6, 6.07) is 6.83. The fourth-order valence-corrected chi connectivity index (χ4v) is 4.54. The van der Waals surface area contributed by atoms with Gasteiger partial charge in [0.1, 0.15) is 17.1 Å². The van der Waals surface area contributed by atoms with Crippen LogP contribution in [0.15, 0.2) is 44.8 Å². The lowest BCUT2D eigenvalue weighted by Crippen LogP contribution is -2.37. The van der Waals surface area contributed by atoms with Gasteiger partial charge < -0.3 is 10.1 Å². The van der Waals surface area contributed by atoms with Gasteiger partial charge in [0.05, 0.1) is 23.1 Å². The molecule has 4 rings (SSSR count). The van der Waals surface area contributed by atoms with Gasteiger partial charge in [-0.3, -0.25) is 18.7 Å². The summed E-state index contributed by atoms with van der Waals surface area (Å²) in [4.78, 5) is 41.5. The van der Waals surface area contributed by atoms with Crippen molar-refractivity contribution in [2.45, 2.75) is 23.8 Å². The maximum absolute atomic E-state index is 12.9. The summed E-state index contributed by atoms with van der Waals surface area (Å²) in [6.07, 6.45) is 1.58. The highest BCUT2D eigenvalue weighted by molar-refractivity contribution is 7.89. The molecule has 0 unspecified atom stereocenters. The number of pyridine rings is 1. The monoisotopic (exact) mass is 459 g/mol. The van der Waals surface area contributed by atoms with Crippen molar-refractivity contribution in [3.63, 3.8) is 0 Å². The van der Waals surface area contributed by atoms with E-state index in [1.807, 2.05) is 0 Å². The number of fused-ring (bicyclic) bond motifs is 1. The smallest absolute Gasteiger partial charge is 0.332 e. The molecule has 0 spiro atoms. The maximum Gasteiger partial charge on any atom is 0.332 e. The zero-order valence-corrected chi connectivity index (χ0v) is 18.4. The molecule has 11 nitrogen and oxygen atoms in total. The first-order chi connectivity index (χ1) is 15.1. The minimum atomic E-state index is -3.74. The first-order valence-corrected chi connectivity index (χ1v) is 11.2. The van der Waals surface area contributed by atoms with Crippen molar-refractivity contribution < 1.29 is 17.9 Å². The quantitative estimate of drug-likeness (QED) is 0.541. The van der Waals surface area contributed by atoms with Gasteiger partial charge in [-0.1, -0.05) is 0 Å². The second kappa shape index (κ2) is 7.88. The molecule has 2 heterocycles. The van der Waals surface area contributed by atoms with Crippen LogP contribution in [0.3, 0.4) is 0 Å². The van der Waals surface area contributed by atoms with Crippen molar-refractivity contribution in [2.75, 3.05) is 12.4 Å². The van der Waals surface area contributed by atoms with Gasteiger partial charge in [0.15, 0.2) is 0 Å². The molecule has 0 bridgehead atoms. The van der Waals surface area contributed by atoms with Crippen LogP contribution in [0.2, 0.25) is 0 Å². The first kappa shape index (κ1) is 21.7. The fourth-order valence-electron chi connectivity index (χ4n) is 3.21. The minimum absolute atomic E-state index is 0.0159. The van der Waals surface area contributed by atoms with Gasteiger partial charge in [0.2, 0.25) is 10.0 Å². The third-order valence-corrected chi connectivity index (χ3v) is 6.68. The molecule has 1 aliphatic carbocycles. The van der Waals surface area contributed by atoms with E-state index in [0.717, 1.165) is 17.4 Å². The van der Waals surface area contributed by atoms with Gasteiger partial charge >= 0.3 is 5.69 Å². The van der Waals surface area contributed by atoms with E-state index in [0.29, 0.717) is 0 Å². The van der Waals surface area contributed by atoms with E-state index < -0.39 is 27.2 Å². The Bertz CT molecular complexity index is 1470. The van der Waals surface area contributed by atoms with Crippen molar-refractivity contribution >= 4 is 32.7 Å². The average molecular weight is 459 g/mol. The number of ether oxygens (including phenoxy) is 1. The molecule has 1 amide bonds. The standard InChI is InChI=1S/C20H21N5O6S/c1-24-17-13(19(27)25(2)20(24)28)7-8-14(21-17)18(26)22-15-10-12(6-9-16(15)31-3)32(29,30)23-11-4-5-11/h6-11,23H,4-5H2,1-3H3,(H,22,26). The predicted octanol–water partition coefficient (Wildman–Crippen LogP) is 0.334. The van der Waals surface area contributed by atoms with E-state index in [1.54, 1.807) is 0 Å².